The summed E-state index contributed by atoms with van der Waals surface area (Å²) in [5, 5.41) is 9.04. The third-order valence-electron chi connectivity index (χ3n) is 2.81. The lowest BCUT2D eigenvalue weighted by Gasteiger charge is -2.14. The molecule has 0 saturated heterocycles. The second-order valence-electron chi connectivity index (χ2n) is 4.04. The molecule has 0 radical (unpaired) electrons. The molecule has 1 aliphatic rings. The number of hydrogen-bond donors (Lipinski definition) is 1. The van der Waals surface area contributed by atoms with E-state index in [9.17, 15) is 0 Å². The van der Waals surface area contributed by atoms with E-state index in [-0.39, 0.29) is 12.1 Å². The van der Waals surface area contributed by atoms with E-state index in [1.54, 1.807) is 0 Å². The molecule has 4 heteroatoms. The average Bonchev–Trinajstić information content (AvgIpc) is 2.64. The summed E-state index contributed by atoms with van der Waals surface area (Å²) in [4.78, 5) is 0. The van der Waals surface area contributed by atoms with Crippen LogP contribution >= 0.6 is 15.9 Å². The van der Waals surface area contributed by atoms with Crippen LogP contribution in [0.5, 0.6) is 5.75 Å². The highest BCUT2D eigenvalue weighted by Gasteiger charge is 2.24. The number of halogens is 1. The van der Waals surface area contributed by atoms with Crippen molar-refractivity contribution in [1.29, 1.82) is 5.26 Å². The van der Waals surface area contributed by atoms with Crippen molar-refractivity contribution in [3.63, 3.8) is 0 Å². The minimum absolute atomic E-state index is 0.149. The van der Waals surface area contributed by atoms with Crippen molar-refractivity contribution in [3.05, 3.63) is 28.2 Å². The molecular formula is C12H13BrN2O. The topological polar surface area (TPSA) is 59.0 Å². The van der Waals surface area contributed by atoms with Crippen LogP contribution in [0, 0.1) is 11.3 Å². The van der Waals surface area contributed by atoms with Crippen molar-refractivity contribution in [3.8, 4) is 11.8 Å². The monoisotopic (exact) mass is 280 g/mol. The van der Waals surface area contributed by atoms with Gasteiger partial charge in [-0.05, 0) is 47.3 Å². The molecule has 3 nitrogen and oxygen atoms in total. The van der Waals surface area contributed by atoms with Crippen molar-refractivity contribution in [2.45, 2.75) is 31.4 Å². The predicted octanol–water partition coefficient (Wildman–Crippen LogP) is 2.58. The Morgan fingerprint density at radius 3 is 2.88 bits per heavy atom. The second kappa shape index (κ2) is 4.86. The fourth-order valence-electron chi connectivity index (χ4n) is 1.97. The van der Waals surface area contributed by atoms with E-state index in [0.29, 0.717) is 11.3 Å². The number of benzene rings is 1. The van der Waals surface area contributed by atoms with Crippen molar-refractivity contribution in [1.82, 2.24) is 0 Å². The van der Waals surface area contributed by atoms with Gasteiger partial charge in [-0.3, -0.25) is 0 Å². The Balaban J connectivity index is 2.16. The van der Waals surface area contributed by atoms with Crippen LogP contribution in [0.3, 0.4) is 0 Å². The maximum Gasteiger partial charge on any atom is 0.138 e. The van der Waals surface area contributed by atoms with E-state index in [1.807, 2.05) is 18.2 Å². The van der Waals surface area contributed by atoms with Gasteiger partial charge in [-0.2, -0.15) is 5.26 Å². The van der Waals surface area contributed by atoms with Crippen molar-refractivity contribution < 1.29 is 4.74 Å². The summed E-state index contributed by atoms with van der Waals surface area (Å²) in [6.07, 6.45) is 2.99. The quantitative estimate of drug-likeness (QED) is 0.906. The van der Waals surface area contributed by atoms with Gasteiger partial charge in [0.05, 0.1) is 0 Å². The molecule has 0 bridgehead atoms. The van der Waals surface area contributed by atoms with Crippen LogP contribution < -0.4 is 10.5 Å². The fraction of sp³-hybridized carbons (Fsp3) is 0.417. The van der Waals surface area contributed by atoms with Crippen LogP contribution in [-0.2, 0) is 0 Å². The second-order valence-corrected chi connectivity index (χ2v) is 4.89. The summed E-state index contributed by atoms with van der Waals surface area (Å²) in [6, 6.07) is 7.92. The summed E-state index contributed by atoms with van der Waals surface area (Å²) in [5.74, 6) is 0.649. The van der Waals surface area contributed by atoms with Crippen LogP contribution in [0.4, 0.5) is 0 Å². The van der Waals surface area contributed by atoms with Gasteiger partial charge in [0.25, 0.3) is 0 Å². The van der Waals surface area contributed by atoms with Gasteiger partial charge < -0.3 is 10.5 Å². The number of nitrogens with zero attached hydrogens (tertiary/aromatic N) is 1. The SMILES string of the molecule is N#Cc1c(Br)cccc1OC1CCC(N)C1. The van der Waals surface area contributed by atoms with Gasteiger partial charge in [0.15, 0.2) is 0 Å². The first-order chi connectivity index (χ1) is 7.70. The van der Waals surface area contributed by atoms with Crippen molar-refractivity contribution in [2.75, 3.05) is 0 Å². The van der Waals surface area contributed by atoms with Gasteiger partial charge in [0.2, 0.25) is 0 Å². The number of nitriles is 1. The van der Waals surface area contributed by atoms with E-state index < -0.39 is 0 Å². The molecule has 1 aliphatic carbocycles. The Morgan fingerprint density at radius 2 is 2.25 bits per heavy atom. The summed E-state index contributed by atoms with van der Waals surface area (Å²) in [7, 11) is 0. The molecule has 0 heterocycles. The summed E-state index contributed by atoms with van der Waals surface area (Å²) >= 11 is 3.34. The Labute approximate surface area is 103 Å². The maximum atomic E-state index is 9.04. The van der Waals surface area contributed by atoms with Crippen LogP contribution in [0.1, 0.15) is 24.8 Å². The lowest BCUT2D eigenvalue weighted by molar-refractivity contribution is 0.207. The molecule has 1 aromatic rings. The van der Waals surface area contributed by atoms with Crippen molar-refractivity contribution >= 4 is 15.9 Å². The number of nitrogens with two attached hydrogens (primary N) is 1. The smallest absolute Gasteiger partial charge is 0.138 e. The molecule has 0 amide bonds. The zero-order valence-electron chi connectivity index (χ0n) is 8.82. The molecule has 2 rings (SSSR count). The van der Waals surface area contributed by atoms with Crippen LogP contribution in [0.25, 0.3) is 0 Å². The van der Waals surface area contributed by atoms with Gasteiger partial charge >= 0.3 is 0 Å². The number of rotatable bonds is 2. The molecule has 0 spiro atoms. The van der Waals surface area contributed by atoms with Crippen molar-refractivity contribution in [2.24, 2.45) is 5.73 Å². The van der Waals surface area contributed by atoms with Gasteiger partial charge in [0, 0.05) is 10.5 Å². The van der Waals surface area contributed by atoms with Gasteiger partial charge in [0.1, 0.15) is 23.5 Å². The Morgan fingerprint density at radius 1 is 1.44 bits per heavy atom. The molecule has 1 fully saturated rings. The Kier molecular flexibility index (Phi) is 3.47. The highest BCUT2D eigenvalue weighted by atomic mass is 79.9. The van der Waals surface area contributed by atoms with E-state index in [2.05, 4.69) is 22.0 Å². The average molecular weight is 281 g/mol. The number of ether oxygens (including phenoxy) is 1. The summed E-state index contributed by atoms with van der Waals surface area (Å²) in [5.41, 5.74) is 6.38. The highest BCUT2D eigenvalue weighted by molar-refractivity contribution is 9.10. The minimum atomic E-state index is 0.149. The lowest BCUT2D eigenvalue weighted by atomic mass is 10.2. The van der Waals surface area contributed by atoms with E-state index in [4.69, 9.17) is 15.7 Å². The van der Waals surface area contributed by atoms with Gasteiger partial charge in [-0.25, -0.2) is 0 Å². The maximum absolute atomic E-state index is 9.04. The molecule has 1 aromatic carbocycles. The molecule has 0 aliphatic heterocycles. The lowest BCUT2D eigenvalue weighted by Crippen LogP contribution is -2.19. The zero-order chi connectivity index (χ0) is 11.5. The van der Waals surface area contributed by atoms with Crippen LogP contribution in [-0.4, -0.2) is 12.1 Å². The largest absolute Gasteiger partial charge is 0.489 e. The standard InChI is InChI=1S/C12H13BrN2O/c13-11-2-1-3-12(10(11)7-14)16-9-5-4-8(15)6-9/h1-3,8-9H,4-6,15H2. The first-order valence-electron chi connectivity index (χ1n) is 5.31. The number of hydrogen-bond acceptors (Lipinski definition) is 3. The Hall–Kier alpha value is -1.05. The van der Waals surface area contributed by atoms with Gasteiger partial charge in [-0.15, -0.1) is 0 Å². The molecule has 2 atom stereocenters. The highest BCUT2D eigenvalue weighted by Crippen LogP contribution is 2.29. The molecule has 2 N–H and O–H groups in total. The minimum Gasteiger partial charge on any atom is -0.489 e. The van der Waals surface area contributed by atoms with E-state index in [1.165, 1.54) is 0 Å². The molecule has 1 saturated carbocycles. The predicted molar refractivity (Wildman–Crippen MR) is 65.1 cm³/mol. The molecule has 16 heavy (non-hydrogen) atoms. The summed E-state index contributed by atoms with van der Waals surface area (Å²) in [6.45, 7) is 0. The van der Waals surface area contributed by atoms with E-state index in [0.717, 1.165) is 23.7 Å². The first-order valence-corrected chi connectivity index (χ1v) is 6.11. The van der Waals surface area contributed by atoms with Crippen LogP contribution in [0.15, 0.2) is 22.7 Å². The van der Waals surface area contributed by atoms with Crippen LogP contribution in [0.2, 0.25) is 0 Å². The fourth-order valence-corrected chi connectivity index (χ4v) is 2.41. The summed E-state index contributed by atoms with van der Waals surface area (Å²) < 4.78 is 6.59. The molecule has 84 valence electrons. The van der Waals surface area contributed by atoms with Gasteiger partial charge in [-0.1, -0.05) is 6.07 Å². The normalized spacial score (nSPS) is 24.1. The first kappa shape index (κ1) is 11.4. The molecule has 2 unspecified atom stereocenters. The molecular weight excluding hydrogens is 268 g/mol. The third kappa shape index (κ3) is 2.37. The third-order valence-corrected chi connectivity index (χ3v) is 3.47. The Bertz CT molecular complexity index is 428. The molecule has 0 aromatic heterocycles. The zero-order valence-corrected chi connectivity index (χ0v) is 10.4. The van der Waals surface area contributed by atoms with E-state index >= 15 is 0 Å².